The van der Waals surface area contributed by atoms with Gasteiger partial charge in [-0.3, -0.25) is 24.5 Å². The van der Waals surface area contributed by atoms with Gasteiger partial charge in [-0.1, -0.05) is 38.1 Å². The van der Waals surface area contributed by atoms with Crippen molar-refractivity contribution in [3.63, 3.8) is 0 Å². The van der Waals surface area contributed by atoms with E-state index in [2.05, 4.69) is 31.9 Å². The molecule has 0 heterocycles. The maximum absolute atomic E-state index is 12.7. The van der Waals surface area contributed by atoms with Crippen molar-refractivity contribution in [2.75, 3.05) is 20.6 Å². The first-order chi connectivity index (χ1) is 17.5. The normalized spacial score (nSPS) is 14.4. The van der Waals surface area contributed by atoms with Crippen LogP contribution < -0.4 is 31.9 Å². The number of amides is 3. The molecular formula is C25H42N6O6. The second kappa shape index (κ2) is 16.6. The highest BCUT2D eigenvalue weighted by molar-refractivity contribution is 5.93. The minimum Gasteiger partial charge on any atom is -0.481 e. The van der Waals surface area contributed by atoms with Gasteiger partial charge in [0.25, 0.3) is 0 Å². The first-order valence-corrected chi connectivity index (χ1v) is 12.3. The van der Waals surface area contributed by atoms with E-state index >= 15 is 0 Å². The van der Waals surface area contributed by atoms with E-state index in [0.29, 0.717) is 19.5 Å². The molecule has 1 aromatic rings. The van der Waals surface area contributed by atoms with E-state index < -0.39 is 48.4 Å². The molecule has 0 aliphatic carbocycles. The molecule has 0 aliphatic rings. The van der Waals surface area contributed by atoms with Gasteiger partial charge in [0.15, 0.2) is 0 Å². The predicted molar refractivity (Wildman–Crippen MR) is 139 cm³/mol. The zero-order valence-electron chi connectivity index (χ0n) is 22.3. The SMILES string of the molecule is CNCC(NC)[C@H](O)NCc1ccc(CNC(=O)[C@H](CC(=O)O)NC(=O)[C@H](CC(C)C)NC(C)=O)cc1. The van der Waals surface area contributed by atoms with Gasteiger partial charge in [-0.15, -0.1) is 0 Å². The number of carbonyl (C=O) groups is 4. The first-order valence-electron chi connectivity index (χ1n) is 12.3. The van der Waals surface area contributed by atoms with Gasteiger partial charge in [0, 0.05) is 26.6 Å². The Morgan fingerprint density at radius 2 is 1.49 bits per heavy atom. The summed E-state index contributed by atoms with van der Waals surface area (Å²) in [4.78, 5) is 48.2. The number of aliphatic hydroxyl groups excluding tert-OH is 1. The minimum atomic E-state index is -1.30. The fourth-order valence-corrected chi connectivity index (χ4v) is 3.65. The van der Waals surface area contributed by atoms with E-state index in [1.807, 2.05) is 45.2 Å². The van der Waals surface area contributed by atoms with E-state index in [0.717, 1.165) is 11.1 Å². The summed E-state index contributed by atoms with van der Waals surface area (Å²) >= 11 is 0. The lowest BCUT2D eigenvalue weighted by Crippen LogP contribution is -2.54. The van der Waals surface area contributed by atoms with Gasteiger partial charge in [0.05, 0.1) is 12.5 Å². The molecule has 1 rings (SSSR count). The molecule has 0 aliphatic heterocycles. The third kappa shape index (κ3) is 12.6. The summed E-state index contributed by atoms with van der Waals surface area (Å²) in [7, 11) is 3.58. The summed E-state index contributed by atoms with van der Waals surface area (Å²) in [5, 5.41) is 36.2. The first kappa shape index (κ1) is 32.0. The summed E-state index contributed by atoms with van der Waals surface area (Å²) in [5.41, 5.74) is 1.70. The van der Waals surface area contributed by atoms with Gasteiger partial charge in [-0.25, -0.2) is 0 Å². The zero-order valence-corrected chi connectivity index (χ0v) is 22.3. The van der Waals surface area contributed by atoms with E-state index in [1.165, 1.54) is 6.92 Å². The predicted octanol–water partition coefficient (Wildman–Crippen LogP) is -0.971. The Labute approximate surface area is 218 Å². The summed E-state index contributed by atoms with van der Waals surface area (Å²) in [5.74, 6) is -2.80. The smallest absolute Gasteiger partial charge is 0.305 e. The number of likely N-dealkylation sites (N-methyl/N-ethyl adjacent to an activating group) is 2. The number of carboxylic acids is 1. The van der Waals surface area contributed by atoms with Gasteiger partial charge < -0.3 is 36.8 Å². The van der Waals surface area contributed by atoms with E-state index in [4.69, 9.17) is 0 Å². The molecular weight excluding hydrogens is 480 g/mol. The molecule has 37 heavy (non-hydrogen) atoms. The van der Waals surface area contributed by atoms with Crippen LogP contribution >= 0.6 is 0 Å². The van der Waals surface area contributed by atoms with Crippen molar-refractivity contribution in [3.8, 4) is 0 Å². The van der Waals surface area contributed by atoms with Crippen LogP contribution in [-0.4, -0.2) is 78.9 Å². The number of nitrogens with one attached hydrogen (secondary N) is 6. The van der Waals surface area contributed by atoms with Gasteiger partial charge >= 0.3 is 5.97 Å². The third-order valence-corrected chi connectivity index (χ3v) is 5.59. The summed E-state index contributed by atoms with van der Waals surface area (Å²) < 4.78 is 0. The lowest BCUT2D eigenvalue weighted by Gasteiger charge is -2.23. The number of benzene rings is 1. The highest BCUT2D eigenvalue weighted by Gasteiger charge is 2.28. The average molecular weight is 523 g/mol. The van der Waals surface area contributed by atoms with Crippen molar-refractivity contribution in [3.05, 3.63) is 35.4 Å². The fourth-order valence-electron chi connectivity index (χ4n) is 3.65. The van der Waals surface area contributed by atoms with Crippen LogP contribution in [0.5, 0.6) is 0 Å². The highest BCUT2D eigenvalue weighted by Crippen LogP contribution is 2.08. The second-order valence-electron chi connectivity index (χ2n) is 9.35. The average Bonchev–Trinajstić information content (AvgIpc) is 2.83. The molecule has 3 amide bonds. The van der Waals surface area contributed by atoms with E-state index in [9.17, 15) is 29.4 Å². The molecule has 8 N–H and O–H groups in total. The molecule has 0 aromatic heterocycles. The Morgan fingerprint density at radius 1 is 0.892 bits per heavy atom. The van der Waals surface area contributed by atoms with E-state index in [-0.39, 0.29) is 18.5 Å². The van der Waals surface area contributed by atoms with Crippen LogP contribution in [0.3, 0.4) is 0 Å². The number of rotatable bonds is 17. The number of hydrogen-bond donors (Lipinski definition) is 8. The Morgan fingerprint density at radius 3 is 1.97 bits per heavy atom. The van der Waals surface area contributed by atoms with Gasteiger partial charge in [-0.05, 0) is 37.6 Å². The molecule has 0 bridgehead atoms. The zero-order chi connectivity index (χ0) is 28.0. The van der Waals surface area contributed by atoms with E-state index in [1.54, 1.807) is 7.05 Å². The number of carboxylic acid groups (broad SMARTS) is 1. The number of aliphatic hydroxyl groups is 1. The molecule has 12 nitrogen and oxygen atoms in total. The number of aliphatic carboxylic acids is 1. The Kier molecular flexibility index (Phi) is 14.4. The van der Waals surface area contributed by atoms with Crippen molar-refractivity contribution in [1.29, 1.82) is 0 Å². The lowest BCUT2D eigenvalue weighted by molar-refractivity contribution is -0.141. The van der Waals surface area contributed by atoms with Crippen molar-refractivity contribution >= 4 is 23.7 Å². The molecule has 0 saturated heterocycles. The monoisotopic (exact) mass is 522 g/mol. The number of carbonyl (C=O) groups excluding carboxylic acids is 3. The highest BCUT2D eigenvalue weighted by atomic mass is 16.4. The summed E-state index contributed by atoms with van der Waals surface area (Å²) in [6.45, 7) is 6.22. The Balaban J connectivity index is 2.72. The third-order valence-electron chi connectivity index (χ3n) is 5.59. The molecule has 1 aromatic carbocycles. The Bertz CT molecular complexity index is 879. The minimum absolute atomic E-state index is 0.0916. The molecule has 12 heteroatoms. The summed E-state index contributed by atoms with van der Waals surface area (Å²) in [6, 6.07) is 5.01. The molecule has 1 unspecified atom stereocenters. The summed E-state index contributed by atoms with van der Waals surface area (Å²) in [6.07, 6.45) is -1.00. The Hall–Kier alpha value is -3.06. The standard InChI is InChI=1S/C25H42N6O6/c1-15(2)10-19(30-16(3)32)25(37)31-20(11-22(33)34)23(35)28-12-17-6-8-18(9-7-17)13-29-24(36)21(27-5)14-26-4/h6-9,15,19-21,24,26-27,29,36H,10-14H2,1-5H3,(H,28,35)(H,30,32)(H,31,37)(H,33,34)/t19-,20-,21?,24-/m0/s1. The van der Waals surface area contributed by atoms with Crippen molar-refractivity contribution in [2.24, 2.45) is 5.92 Å². The topological polar surface area (TPSA) is 181 Å². The quantitative estimate of drug-likeness (QED) is 0.119. The van der Waals surface area contributed by atoms with Crippen LogP contribution in [0.4, 0.5) is 0 Å². The largest absolute Gasteiger partial charge is 0.481 e. The van der Waals surface area contributed by atoms with Crippen LogP contribution in [0, 0.1) is 5.92 Å². The van der Waals surface area contributed by atoms with Crippen LogP contribution in [0.25, 0.3) is 0 Å². The molecule has 0 spiro atoms. The van der Waals surface area contributed by atoms with Crippen molar-refractivity contribution in [2.45, 2.75) is 71.1 Å². The molecule has 4 atom stereocenters. The van der Waals surface area contributed by atoms with Crippen molar-refractivity contribution in [1.82, 2.24) is 31.9 Å². The molecule has 208 valence electrons. The van der Waals surface area contributed by atoms with Crippen LogP contribution in [0.1, 0.15) is 44.7 Å². The van der Waals surface area contributed by atoms with Crippen LogP contribution in [0.15, 0.2) is 24.3 Å². The van der Waals surface area contributed by atoms with Crippen LogP contribution in [0.2, 0.25) is 0 Å². The van der Waals surface area contributed by atoms with Crippen LogP contribution in [-0.2, 0) is 32.3 Å². The maximum atomic E-state index is 12.7. The maximum Gasteiger partial charge on any atom is 0.305 e. The molecule has 0 saturated carbocycles. The fraction of sp³-hybridized carbons (Fsp3) is 0.600. The lowest BCUT2D eigenvalue weighted by atomic mass is 10.0. The second-order valence-corrected chi connectivity index (χ2v) is 9.35. The van der Waals surface area contributed by atoms with Gasteiger partial charge in [-0.2, -0.15) is 0 Å². The van der Waals surface area contributed by atoms with Crippen molar-refractivity contribution < 1.29 is 29.4 Å². The number of hydrogen-bond acceptors (Lipinski definition) is 8. The van der Waals surface area contributed by atoms with Gasteiger partial charge in [0.2, 0.25) is 17.7 Å². The molecule has 0 fully saturated rings. The van der Waals surface area contributed by atoms with Gasteiger partial charge in [0.1, 0.15) is 18.3 Å². The molecule has 0 radical (unpaired) electrons.